The van der Waals surface area contributed by atoms with Gasteiger partial charge in [-0.1, -0.05) is 6.07 Å². The summed E-state index contributed by atoms with van der Waals surface area (Å²) in [5.74, 6) is -2.12. The lowest BCUT2D eigenvalue weighted by Gasteiger charge is -2.25. The molecule has 1 atom stereocenters. The quantitative estimate of drug-likeness (QED) is 0.461. The molecule has 1 aliphatic heterocycles. The van der Waals surface area contributed by atoms with Gasteiger partial charge >= 0.3 is 0 Å². The number of aliphatic hydroxyl groups excluding tert-OH is 1. The highest BCUT2D eigenvalue weighted by molar-refractivity contribution is 6.46. The molecular formula is C22H24FN3O3. The van der Waals surface area contributed by atoms with Crippen LogP contribution in [-0.4, -0.2) is 58.8 Å². The van der Waals surface area contributed by atoms with Crippen LogP contribution < -0.4 is 0 Å². The van der Waals surface area contributed by atoms with Gasteiger partial charge in [-0.25, -0.2) is 4.39 Å². The SMILES string of the molecule is Cc1cc(/C(O)=C2/C(=O)C(=O)N(CCCN(C)C)C2c2cccnc2)ccc1F. The maximum Gasteiger partial charge on any atom is 0.295 e. The number of carbonyl (C=O) groups is 2. The summed E-state index contributed by atoms with van der Waals surface area (Å²) in [6.45, 7) is 2.69. The molecule has 0 radical (unpaired) electrons. The Morgan fingerprint density at radius 3 is 2.66 bits per heavy atom. The Bertz CT molecular complexity index is 957. The zero-order valence-corrected chi connectivity index (χ0v) is 16.7. The summed E-state index contributed by atoms with van der Waals surface area (Å²) in [7, 11) is 3.87. The molecule has 0 aliphatic carbocycles. The lowest BCUT2D eigenvalue weighted by atomic mass is 9.95. The highest BCUT2D eigenvalue weighted by atomic mass is 19.1. The summed E-state index contributed by atoms with van der Waals surface area (Å²) in [5, 5.41) is 10.9. The van der Waals surface area contributed by atoms with Gasteiger partial charge in [-0.05, 0) is 69.4 Å². The largest absolute Gasteiger partial charge is 0.507 e. The van der Waals surface area contributed by atoms with Crippen molar-refractivity contribution in [2.75, 3.05) is 27.2 Å². The molecule has 3 rings (SSSR count). The number of aryl methyl sites for hydroxylation is 1. The maximum atomic E-state index is 13.6. The fourth-order valence-corrected chi connectivity index (χ4v) is 3.50. The Morgan fingerprint density at radius 2 is 2.03 bits per heavy atom. The van der Waals surface area contributed by atoms with Crippen molar-refractivity contribution in [3.8, 4) is 0 Å². The topological polar surface area (TPSA) is 73.7 Å². The van der Waals surface area contributed by atoms with Crippen LogP contribution in [0.2, 0.25) is 0 Å². The lowest BCUT2D eigenvalue weighted by molar-refractivity contribution is -0.139. The second kappa shape index (κ2) is 8.53. The van der Waals surface area contributed by atoms with Crippen LogP contribution in [0.15, 0.2) is 48.3 Å². The number of rotatable bonds is 6. The van der Waals surface area contributed by atoms with Gasteiger partial charge in [0.15, 0.2) is 0 Å². The highest BCUT2D eigenvalue weighted by Gasteiger charge is 2.45. The molecule has 1 unspecified atom stereocenters. The first kappa shape index (κ1) is 20.7. The normalized spacial score (nSPS) is 18.7. The molecule has 1 aromatic heterocycles. The van der Waals surface area contributed by atoms with Crippen molar-refractivity contribution in [3.05, 3.63) is 70.8 Å². The van der Waals surface area contributed by atoms with Crippen LogP contribution in [0.25, 0.3) is 5.76 Å². The number of halogens is 1. The molecule has 7 heteroatoms. The minimum atomic E-state index is -0.747. The average molecular weight is 397 g/mol. The number of Topliss-reactive ketones (excluding diaryl/α,β-unsaturated/α-hetero) is 1. The van der Waals surface area contributed by atoms with Gasteiger partial charge in [-0.15, -0.1) is 0 Å². The Kier molecular flexibility index (Phi) is 6.08. The number of hydrogen-bond donors (Lipinski definition) is 1. The van der Waals surface area contributed by atoms with Crippen molar-refractivity contribution in [1.82, 2.24) is 14.8 Å². The van der Waals surface area contributed by atoms with E-state index in [0.717, 1.165) is 6.54 Å². The predicted octanol–water partition coefficient (Wildman–Crippen LogP) is 2.90. The number of carbonyl (C=O) groups excluding carboxylic acids is 2. The number of likely N-dealkylation sites (tertiary alicyclic amines) is 1. The van der Waals surface area contributed by atoms with E-state index in [9.17, 15) is 19.1 Å². The molecule has 152 valence electrons. The third-order valence-corrected chi connectivity index (χ3v) is 4.98. The Labute approximate surface area is 169 Å². The molecule has 29 heavy (non-hydrogen) atoms. The predicted molar refractivity (Wildman–Crippen MR) is 108 cm³/mol. The second-order valence-corrected chi connectivity index (χ2v) is 7.40. The van der Waals surface area contributed by atoms with Gasteiger partial charge in [0, 0.05) is 24.5 Å². The molecule has 2 heterocycles. The Hall–Kier alpha value is -3.06. The third-order valence-electron chi connectivity index (χ3n) is 4.98. The highest BCUT2D eigenvalue weighted by Crippen LogP contribution is 2.39. The van der Waals surface area contributed by atoms with Gasteiger partial charge in [0.2, 0.25) is 0 Å². The number of amides is 1. The van der Waals surface area contributed by atoms with Crippen LogP contribution in [0.4, 0.5) is 4.39 Å². The third kappa shape index (κ3) is 4.19. The fraction of sp³-hybridized carbons (Fsp3) is 0.318. The van der Waals surface area contributed by atoms with E-state index in [4.69, 9.17) is 0 Å². The van der Waals surface area contributed by atoms with Crippen molar-refractivity contribution < 1.29 is 19.1 Å². The first-order chi connectivity index (χ1) is 13.8. The van der Waals surface area contributed by atoms with E-state index >= 15 is 0 Å². The first-order valence-electron chi connectivity index (χ1n) is 9.41. The smallest absolute Gasteiger partial charge is 0.295 e. The summed E-state index contributed by atoms with van der Waals surface area (Å²) in [6.07, 6.45) is 3.86. The van der Waals surface area contributed by atoms with Crippen LogP contribution in [0, 0.1) is 12.7 Å². The molecule has 6 nitrogen and oxygen atoms in total. The van der Waals surface area contributed by atoms with Gasteiger partial charge in [-0.2, -0.15) is 0 Å². The molecular weight excluding hydrogens is 373 g/mol. The number of hydrogen-bond acceptors (Lipinski definition) is 5. The van der Waals surface area contributed by atoms with Crippen LogP contribution >= 0.6 is 0 Å². The van der Waals surface area contributed by atoms with Crippen molar-refractivity contribution in [2.24, 2.45) is 0 Å². The van der Waals surface area contributed by atoms with E-state index < -0.39 is 23.5 Å². The van der Waals surface area contributed by atoms with Crippen molar-refractivity contribution in [1.29, 1.82) is 0 Å². The van der Waals surface area contributed by atoms with Crippen LogP contribution in [0.5, 0.6) is 0 Å². The maximum absolute atomic E-state index is 13.6. The number of nitrogens with zero attached hydrogens (tertiary/aromatic N) is 3. The fourth-order valence-electron chi connectivity index (χ4n) is 3.50. The second-order valence-electron chi connectivity index (χ2n) is 7.40. The van der Waals surface area contributed by atoms with E-state index in [0.29, 0.717) is 29.7 Å². The molecule has 1 N–H and O–H groups in total. The standard InChI is InChI=1S/C22H24FN3O3/c1-14-12-15(7-8-17(14)23)20(27)18-19(16-6-4-9-24-13-16)26(22(29)21(18)28)11-5-10-25(2)3/h4,6-9,12-13,19,27H,5,10-11H2,1-3H3/b20-18-. The molecule has 0 bridgehead atoms. The van der Waals surface area contributed by atoms with E-state index in [2.05, 4.69) is 4.98 Å². The molecule has 2 aromatic rings. The number of ketones is 1. The average Bonchev–Trinajstić information content (AvgIpc) is 2.95. The molecule has 1 fully saturated rings. The molecule has 1 saturated heterocycles. The Balaban J connectivity index is 2.09. The summed E-state index contributed by atoms with van der Waals surface area (Å²) in [6, 6.07) is 6.85. The van der Waals surface area contributed by atoms with Crippen LogP contribution in [0.1, 0.15) is 29.2 Å². The summed E-state index contributed by atoms with van der Waals surface area (Å²) >= 11 is 0. The van der Waals surface area contributed by atoms with Gasteiger partial charge in [0.05, 0.1) is 11.6 Å². The van der Waals surface area contributed by atoms with E-state index in [-0.39, 0.29) is 11.3 Å². The number of aromatic nitrogens is 1. The minimum Gasteiger partial charge on any atom is -0.507 e. The van der Waals surface area contributed by atoms with Gasteiger partial charge in [-0.3, -0.25) is 14.6 Å². The molecule has 1 aliphatic rings. The van der Waals surface area contributed by atoms with Gasteiger partial charge < -0.3 is 14.9 Å². The summed E-state index contributed by atoms with van der Waals surface area (Å²) in [4.78, 5) is 33.2. The van der Waals surface area contributed by atoms with E-state index in [1.807, 2.05) is 19.0 Å². The van der Waals surface area contributed by atoms with Crippen molar-refractivity contribution in [3.63, 3.8) is 0 Å². The zero-order valence-electron chi connectivity index (χ0n) is 16.7. The number of benzene rings is 1. The van der Waals surface area contributed by atoms with E-state index in [1.54, 1.807) is 31.5 Å². The zero-order chi connectivity index (χ0) is 21.1. The minimum absolute atomic E-state index is 0.00105. The van der Waals surface area contributed by atoms with Crippen LogP contribution in [0.3, 0.4) is 0 Å². The number of aliphatic hydroxyl groups is 1. The van der Waals surface area contributed by atoms with E-state index in [1.165, 1.54) is 23.1 Å². The first-order valence-corrected chi connectivity index (χ1v) is 9.41. The van der Waals surface area contributed by atoms with Gasteiger partial charge in [0.25, 0.3) is 11.7 Å². The molecule has 1 aromatic carbocycles. The summed E-state index contributed by atoms with van der Waals surface area (Å²) in [5.41, 5.74) is 1.27. The van der Waals surface area contributed by atoms with Gasteiger partial charge in [0.1, 0.15) is 11.6 Å². The Morgan fingerprint density at radius 1 is 1.28 bits per heavy atom. The lowest BCUT2D eigenvalue weighted by Crippen LogP contribution is -2.32. The van der Waals surface area contributed by atoms with Crippen LogP contribution in [-0.2, 0) is 9.59 Å². The monoisotopic (exact) mass is 397 g/mol. The molecule has 0 saturated carbocycles. The molecule has 1 amide bonds. The summed E-state index contributed by atoms with van der Waals surface area (Å²) < 4.78 is 13.6. The number of pyridine rings is 1. The van der Waals surface area contributed by atoms with Crippen molar-refractivity contribution >= 4 is 17.4 Å². The molecule has 0 spiro atoms. The van der Waals surface area contributed by atoms with Crippen molar-refractivity contribution in [2.45, 2.75) is 19.4 Å².